The third kappa shape index (κ3) is 4.98. The van der Waals surface area contributed by atoms with Crippen LogP contribution in [0.3, 0.4) is 0 Å². The third-order valence-corrected chi connectivity index (χ3v) is 7.28. The monoisotopic (exact) mass is 460 g/mol. The summed E-state index contributed by atoms with van der Waals surface area (Å²) in [4.78, 5) is 9.40. The average Bonchev–Trinajstić information content (AvgIpc) is 2.81. The minimum absolute atomic E-state index is 0.151. The van der Waals surface area contributed by atoms with Gasteiger partial charge in [0.2, 0.25) is 0 Å². The highest BCUT2D eigenvalue weighted by molar-refractivity contribution is 7.92. The van der Waals surface area contributed by atoms with Crippen molar-refractivity contribution in [1.29, 1.82) is 0 Å². The second kappa shape index (κ2) is 9.19. The van der Waals surface area contributed by atoms with Gasteiger partial charge in [-0.25, -0.2) is 18.4 Å². The van der Waals surface area contributed by atoms with Crippen LogP contribution in [0.25, 0.3) is 11.0 Å². The molecule has 3 aromatic carbocycles. The number of sulfonamides is 1. The summed E-state index contributed by atoms with van der Waals surface area (Å²) in [5.41, 5.74) is 5.27. The summed E-state index contributed by atoms with van der Waals surface area (Å²) in [6.45, 7) is 8.19. The Kier molecular flexibility index (Phi) is 6.33. The van der Waals surface area contributed by atoms with Gasteiger partial charge in [0.15, 0.2) is 11.6 Å². The number of rotatable bonds is 7. The Morgan fingerprint density at radius 2 is 1.48 bits per heavy atom. The molecule has 0 saturated heterocycles. The molecule has 4 rings (SSSR count). The van der Waals surface area contributed by atoms with Crippen molar-refractivity contribution < 1.29 is 8.42 Å². The summed E-state index contributed by atoms with van der Waals surface area (Å²) < 4.78 is 28.9. The zero-order valence-electron chi connectivity index (χ0n) is 19.3. The maximum Gasteiger partial charge on any atom is 0.263 e. The lowest BCUT2D eigenvalue weighted by molar-refractivity contribution is 0.601. The zero-order valence-corrected chi connectivity index (χ0v) is 20.1. The van der Waals surface area contributed by atoms with Crippen molar-refractivity contribution in [3.8, 4) is 0 Å². The van der Waals surface area contributed by atoms with E-state index in [1.54, 1.807) is 24.3 Å². The number of aromatic nitrogens is 2. The lowest BCUT2D eigenvalue weighted by Crippen LogP contribution is -2.16. The molecule has 0 fully saturated rings. The van der Waals surface area contributed by atoms with Gasteiger partial charge in [-0.2, -0.15) is 0 Å². The van der Waals surface area contributed by atoms with E-state index in [0.29, 0.717) is 22.8 Å². The molecule has 0 saturated carbocycles. The standard InChI is InChI=1S/C26H28N4O2S/c1-5-17(2)20-11-13-21(14-12-20)27-25-26(29-24-9-7-6-8-23(24)28-25)30-33(31,32)22-15-10-18(3)19(4)16-22/h6-17H,5H2,1-4H3,(H,27,28)(H,29,30)/t17-/m0/s1. The maximum atomic E-state index is 13.2. The molecule has 33 heavy (non-hydrogen) atoms. The number of hydrogen-bond donors (Lipinski definition) is 2. The van der Waals surface area contributed by atoms with E-state index in [-0.39, 0.29) is 10.7 Å². The molecule has 1 heterocycles. The van der Waals surface area contributed by atoms with E-state index in [1.807, 2.05) is 44.2 Å². The van der Waals surface area contributed by atoms with Crippen LogP contribution in [0.15, 0.2) is 71.6 Å². The van der Waals surface area contributed by atoms with Crippen molar-refractivity contribution in [2.24, 2.45) is 0 Å². The maximum absolute atomic E-state index is 13.2. The molecular formula is C26H28N4O2S. The Morgan fingerprint density at radius 3 is 2.09 bits per heavy atom. The summed E-state index contributed by atoms with van der Waals surface area (Å²) in [5, 5.41) is 3.24. The van der Waals surface area contributed by atoms with E-state index in [9.17, 15) is 8.42 Å². The Bertz CT molecular complexity index is 1400. The Morgan fingerprint density at radius 1 is 0.848 bits per heavy atom. The molecule has 1 aromatic heterocycles. The molecule has 0 aliphatic heterocycles. The number of aryl methyl sites for hydroxylation is 2. The fourth-order valence-electron chi connectivity index (χ4n) is 3.49. The molecule has 170 valence electrons. The van der Waals surface area contributed by atoms with Gasteiger partial charge < -0.3 is 5.32 Å². The van der Waals surface area contributed by atoms with E-state index < -0.39 is 10.0 Å². The van der Waals surface area contributed by atoms with Crippen molar-refractivity contribution in [2.75, 3.05) is 10.0 Å². The number of fused-ring (bicyclic) bond motifs is 1. The normalized spacial score (nSPS) is 12.5. The molecule has 0 unspecified atom stereocenters. The molecule has 0 spiro atoms. The molecule has 0 aliphatic rings. The van der Waals surface area contributed by atoms with E-state index in [2.05, 4.69) is 46.0 Å². The lowest BCUT2D eigenvalue weighted by Gasteiger charge is -2.15. The molecule has 0 radical (unpaired) electrons. The number of nitrogens with zero attached hydrogens (tertiary/aromatic N) is 2. The van der Waals surface area contributed by atoms with Crippen molar-refractivity contribution >= 4 is 38.4 Å². The molecule has 0 amide bonds. The van der Waals surface area contributed by atoms with Crippen LogP contribution in [0, 0.1) is 13.8 Å². The first-order valence-electron chi connectivity index (χ1n) is 11.0. The molecule has 7 heteroatoms. The summed E-state index contributed by atoms with van der Waals surface area (Å²) in [5.74, 6) is 0.968. The van der Waals surface area contributed by atoms with Gasteiger partial charge in [-0.1, -0.05) is 44.2 Å². The summed E-state index contributed by atoms with van der Waals surface area (Å²) >= 11 is 0. The molecule has 2 N–H and O–H groups in total. The molecule has 0 aliphatic carbocycles. The third-order valence-electron chi connectivity index (χ3n) is 5.95. The first-order valence-corrected chi connectivity index (χ1v) is 12.5. The Hall–Kier alpha value is -3.45. The molecule has 6 nitrogen and oxygen atoms in total. The van der Waals surface area contributed by atoms with Gasteiger partial charge >= 0.3 is 0 Å². The second-order valence-corrected chi connectivity index (χ2v) is 10.00. The van der Waals surface area contributed by atoms with Gasteiger partial charge in [-0.15, -0.1) is 0 Å². The lowest BCUT2D eigenvalue weighted by atomic mass is 9.99. The number of hydrogen-bond acceptors (Lipinski definition) is 5. The van der Waals surface area contributed by atoms with Gasteiger partial charge in [0, 0.05) is 5.69 Å². The Labute approximate surface area is 195 Å². The van der Waals surface area contributed by atoms with Crippen LogP contribution in [0.5, 0.6) is 0 Å². The molecule has 0 bridgehead atoms. The first kappa shape index (κ1) is 22.7. The highest BCUT2D eigenvalue weighted by atomic mass is 32.2. The van der Waals surface area contributed by atoms with Crippen LogP contribution >= 0.6 is 0 Å². The van der Waals surface area contributed by atoms with Gasteiger partial charge in [0.1, 0.15) is 0 Å². The van der Waals surface area contributed by atoms with Crippen LogP contribution in [0.1, 0.15) is 42.9 Å². The van der Waals surface area contributed by atoms with E-state index in [1.165, 1.54) is 5.56 Å². The second-order valence-electron chi connectivity index (χ2n) is 8.32. The van der Waals surface area contributed by atoms with Crippen molar-refractivity contribution in [2.45, 2.75) is 44.9 Å². The van der Waals surface area contributed by atoms with Gasteiger partial charge in [0.05, 0.1) is 15.9 Å². The minimum atomic E-state index is -3.85. The highest BCUT2D eigenvalue weighted by Crippen LogP contribution is 2.28. The fourth-order valence-corrected chi connectivity index (χ4v) is 4.59. The predicted octanol–water partition coefficient (Wildman–Crippen LogP) is 6.30. The summed E-state index contributed by atoms with van der Waals surface area (Å²) in [6, 6.07) is 20.5. The van der Waals surface area contributed by atoms with Crippen molar-refractivity contribution in [1.82, 2.24) is 9.97 Å². The van der Waals surface area contributed by atoms with Gasteiger partial charge in [-0.3, -0.25) is 4.72 Å². The number of benzene rings is 3. The fraction of sp³-hybridized carbons (Fsp3) is 0.231. The van der Waals surface area contributed by atoms with Crippen LogP contribution in [0.4, 0.5) is 17.3 Å². The Balaban J connectivity index is 1.72. The minimum Gasteiger partial charge on any atom is -0.337 e. The smallest absolute Gasteiger partial charge is 0.263 e. The van der Waals surface area contributed by atoms with Crippen LogP contribution in [-0.2, 0) is 10.0 Å². The van der Waals surface area contributed by atoms with E-state index in [0.717, 1.165) is 23.2 Å². The topological polar surface area (TPSA) is 84.0 Å². The highest BCUT2D eigenvalue weighted by Gasteiger charge is 2.19. The number of anilines is 3. The molecule has 4 aromatic rings. The zero-order chi connectivity index (χ0) is 23.6. The molecular weight excluding hydrogens is 432 g/mol. The summed E-state index contributed by atoms with van der Waals surface area (Å²) in [7, 11) is -3.85. The van der Waals surface area contributed by atoms with Crippen LogP contribution < -0.4 is 10.0 Å². The predicted molar refractivity (Wildman–Crippen MR) is 135 cm³/mol. The van der Waals surface area contributed by atoms with E-state index >= 15 is 0 Å². The van der Waals surface area contributed by atoms with Crippen molar-refractivity contribution in [3.63, 3.8) is 0 Å². The SMILES string of the molecule is CC[C@H](C)c1ccc(Nc2nc3ccccc3nc2NS(=O)(=O)c2ccc(C)c(C)c2)cc1. The van der Waals surface area contributed by atoms with Crippen molar-refractivity contribution in [3.05, 3.63) is 83.4 Å². The largest absolute Gasteiger partial charge is 0.337 e. The van der Waals surface area contributed by atoms with Gasteiger partial charge in [-0.05, 0) is 79.3 Å². The van der Waals surface area contributed by atoms with Gasteiger partial charge in [0.25, 0.3) is 10.0 Å². The number of para-hydroxylation sites is 2. The van der Waals surface area contributed by atoms with E-state index in [4.69, 9.17) is 0 Å². The van der Waals surface area contributed by atoms with Crippen LogP contribution in [0.2, 0.25) is 0 Å². The molecule has 1 atom stereocenters. The quantitative estimate of drug-likeness (QED) is 0.338. The van der Waals surface area contributed by atoms with Crippen LogP contribution in [-0.4, -0.2) is 18.4 Å². The number of nitrogens with one attached hydrogen (secondary N) is 2. The summed E-state index contributed by atoms with van der Waals surface area (Å²) in [6.07, 6.45) is 1.06. The average molecular weight is 461 g/mol. The first-order chi connectivity index (χ1) is 15.8.